The predicted molar refractivity (Wildman–Crippen MR) is 104 cm³/mol. The first kappa shape index (κ1) is 19.6. The predicted octanol–water partition coefficient (Wildman–Crippen LogP) is 2.07. The number of carbonyl (C=O) groups excluding carboxylic acids is 2. The van der Waals surface area contributed by atoms with Crippen molar-refractivity contribution in [3.63, 3.8) is 0 Å². The smallest absolute Gasteiger partial charge is 0.241 e. The molecule has 2 aliphatic heterocycles. The fourth-order valence-corrected chi connectivity index (χ4v) is 5.17. The van der Waals surface area contributed by atoms with Crippen LogP contribution in [0.15, 0.2) is 18.2 Å². The van der Waals surface area contributed by atoms with Crippen LogP contribution in [-0.4, -0.2) is 52.9 Å². The summed E-state index contributed by atoms with van der Waals surface area (Å²) in [5.41, 5.74) is 4.07. The molecule has 0 spiro atoms. The van der Waals surface area contributed by atoms with Crippen LogP contribution >= 0.6 is 11.6 Å². The lowest BCUT2D eigenvalue weighted by atomic mass is 9.78. The van der Waals surface area contributed by atoms with E-state index in [1.165, 1.54) is 12.1 Å². The van der Waals surface area contributed by atoms with Gasteiger partial charge >= 0.3 is 0 Å². The molecular formula is C20H26ClFN4O2. The number of halogens is 2. The number of nitrogens with zero attached hydrogens (tertiary/aromatic N) is 2. The second-order valence-corrected chi connectivity index (χ2v) is 8.25. The van der Waals surface area contributed by atoms with E-state index in [9.17, 15) is 14.0 Å². The summed E-state index contributed by atoms with van der Waals surface area (Å²) < 4.78 is 13.2. The van der Waals surface area contributed by atoms with Crippen molar-refractivity contribution in [2.45, 2.75) is 57.3 Å². The molecule has 6 nitrogen and oxygen atoms in total. The van der Waals surface area contributed by atoms with Crippen molar-refractivity contribution in [3.8, 4) is 0 Å². The van der Waals surface area contributed by atoms with Gasteiger partial charge in [0.25, 0.3) is 0 Å². The first-order chi connectivity index (χ1) is 13.5. The molecule has 4 atom stereocenters. The van der Waals surface area contributed by atoms with Crippen molar-refractivity contribution in [1.82, 2.24) is 20.7 Å². The van der Waals surface area contributed by atoms with Gasteiger partial charge in [-0.05, 0) is 50.3 Å². The van der Waals surface area contributed by atoms with Gasteiger partial charge in [-0.25, -0.2) is 9.40 Å². The summed E-state index contributed by atoms with van der Waals surface area (Å²) in [6, 6.07) is 4.43. The van der Waals surface area contributed by atoms with Gasteiger partial charge in [-0.3, -0.25) is 15.0 Å². The summed E-state index contributed by atoms with van der Waals surface area (Å²) in [6.07, 6.45) is 3.19. The van der Waals surface area contributed by atoms with Crippen LogP contribution in [-0.2, 0) is 16.1 Å². The van der Waals surface area contributed by atoms with E-state index in [-0.39, 0.29) is 42.4 Å². The third-order valence-electron chi connectivity index (χ3n) is 6.33. The highest BCUT2D eigenvalue weighted by atomic mass is 35.5. The number of carbonyl (C=O) groups is 2. The van der Waals surface area contributed by atoms with Gasteiger partial charge in [0.2, 0.25) is 11.8 Å². The Kier molecular flexibility index (Phi) is 5.58. The summed E-state index contributed by atoms with van der Waals surface area (Å²) in [6.45, 7) is 3.78. The molecule has 4 unspecified atom stereocenters. The topological polar surface area (TPSA) is 64.7 Å². The Morgan fingerprint density at radius 2 is 2.14 bits per heavy atom. The second-order valence-electron chi connectivity index (χ2n) is 7.84. The molecule has 1 aromatic carbocycles. The Hall–Kier alpha value is -1.70. The van der Waals surface area contributed by atoms with Gasteiger partial charge in [0.1, 0.15) is 11.9 Å². The monoisotopic (exact) mass is 408 g/mol. The molecule has 2 saturated heterocycles. The molecule has 0 radical (unpaired) electrons. The van der Waals surface area contributed by atoms with E-state index in [4.69, 9.17) is 11.6 Å². The third-order valence-corrected chi connectivity index (χ3v) is 6.69. The normalized spacial score (nSPS) is 30.1. The zero-order valence-corrected chi connectivity index (χ0v) is 16.7. The highest BCUT2D eigenvalue weighted by molar-refractivity contribution is 6.31. The minimum atomic E-state index is -0.395. The van der Waals surface area contributed by atoms with E-state index >= 15 is 0 Å². The van der Waals surface area contributed by atoms with E-state index in [0.29, 0.717) is 23.6 Å². The van der Waals surface area contributed by atoms with Crippen molar-refractivity contribution >= 4 is 23.4 Å². The minimum absolute atomic E-state index is 0.0288. The van der Waals surface area contributed by atoms with Crippen LogP contribution in [0.3, 0.4) is 0 Å². The van der Waals surface area contributed by atoms with Gasteiger partial charge in [-0.2, -0.15) is 0 Å². The Labute approximate surface area is 169 Å². The molecule has 4 rings (SSSR count). The summed E-state index contributed by atoms with van der Waals surface area (Å²) in [4.78, 5) is 27.6. The molecular weight excluding hydrogens is 383 g/mol. The van der Waals surface area contributed by atoms with Crippen molar-refractivity contribution in [2.75, 3.05) is 13.1 Å². The van der Waals surface area contributed by atoms with Gasteiger partial charge in [0.15, 0.2) is 0 Å². The second kappa shape index (κ2) is 7.97. The van der Waals surface area contributed by atoms with E-state index in [1.54, 1.807) is 6.07 Å². The van der Waals surface area contributed by atoms with Crippen molar-refractivity contribution in [3.05, 3.63) is 34.6 Å². The molecule has 152 valence electrons. The minimum Gasteiger partial charge on any atom is -0.352 e. The van der Waals surface area contributed by atoms with Gasteiger partial charge in [-0.1, -0.05) is 17.7 Å². The van der Waals surface area contributed by atoms with E-state index in [1.807, 2.05) is 11.8 Å². The number of amides is 2. The third kappa shape index (κ3) is 3.51. The molecule has 2 amide bonds. The fourth-order valence-electron chi connectivity index (χ4n) is 4.94. The number of fused-ring (bicyclic) bond motifs is 3. The first-order valence-electron chi connectivity index (χ1n) is 10.0. The number of hydrazine groups is 1. The number of hydrogen-bond acceptors (Lipinski definition) is 4. The number of nitrogens with one attached hydrogen (secondary N) is 2. The van der Waals surface area contributed by atoms with Crippen LogP contribution in [0.1, 0.15) is 38.2 Å². The first-order valence-corrected chi connectivity index (χ1v) is 10.4. The van der Waals surface area contributed by atoms with Gasteiger partial charge in [-0.15, -0.1) is 0 Å². The van der Waals surface area contributed by atoms with E-state index in [0.717, 1.165) is 25.8 Å². The lowest BCUT2D eigenvalue weighted by Crippen LogP contribution is -2.68. The number of piperazine rings is 1. The number of rotatable bonds is 4. The van der Waals surface area contributed by atoms with Crippen molar-refractivity contribution in [2.24, 2.45) is 5.92 Å². The number of hydrogen-bond donors (Lipinski definition) is 2. The molecule has 1 saturated carbocycles. The van der Waals surface area contributed by atoms with Crippen LogP contribution < -0.4 is 10.7 Å². The van der Waals surface area contributed by atoms with Crippen LogP contribution in [0, 0.1) is 11.7 Å². The maximum absolute atomic E-state index is 13.2. The molecule has 0 aromatic heterocycles. The molecule has 28 heavy (non-hydrogen) atoms. The van der Waals surface area contributed by atoms with Crippen molar-refractivity contribution in [1.29, 1.82) is 0 Å². The van der Waals surface area contributed by atoms with Crippen LogP contribution in [0.25, 0.3) is 0 Å². The highest BCUT2D eigenvalue weighted by Crippen LogP contribution is 2.37. The maximum atomic E-state index is 13.2. The zero-order chi connectivity index (χ0) is 19.8. The van der Waals surface area contributed by atoms with Gasteiger partial charge < -0.3 is 10.2 Å². The molecule has 1 aliphatic carbocycles. The maximum Gasteiger partial charge on any atom is 0.241 e. The Morgan fingerprint density at radius 1 is 1.32 bits per heavy atom. The molecule has 2 heterocycles. The highest BCUT2D eigenvalue weighted by Gasteiger charge is 2.50. The number of likely N-dealkylation sites (N-methyl/N-ethyl adjacent to an activating group) is 1. The van der Waals surface area contributed by atoms with Crippen LogP contribution in [0.5, 0.6) is 0 Å². The average molecular weight is 409 g/mol. The molecule has 8 heteroatoms. The zero-order valence-electron chi connectivity index (χ0n) is 16.0. The van der Waals surface area contributed by atoms with Crippen LogP contribution in [0.4, 0.5) is 4.39 Å². The summed E-state index contributed by atoms with van der Waals surface area (Å²) in [5.74, 6) is -0.387. The fraction of sp³-hybridized carbons (Fsp3) is 0.600. The Bertz CT molecular complexity index is 777. The number of benzene rings is 1. The van der Waals surface area contributed by atoms with Crippen LogP contribution in [0.2, 0.25) is 5.02 Å². The summed E-state index contributed by atoms with van der Waals surface area (Å²) >= 11 is 6.05. The molecule has 0 bridgehead atoms. The van der Waals surface area contributed by atoms with Crippen molar-refractivity contribution < 1.29 is 14.0 Å². The Balaban J connectivity index is 1.42. The SMILES string of the molecule is CCN1C(=O)C2CCNN2C2CCC(C(=O)NCc3ccc(F)cc3Cl)CC21. The largest absolute Gasteiger partial charge is 0.352 e. The average Bonchev–Trinajstić information content (AvgIpc) is 3.17. The molecule has 3 aliphatic rings. The quantitative estimate of drug-likeness (QED) is 0.800. The standard InChI is InChI=1S/C20H26ClFN4O2/c1-2-25-18-9-12(4-6-16(18)26-17(20(25)28)7-8-24-26)19(27)23-11-13-3-5-14(22)10-15(13)21/h3,5,10,12,16-18,24H,2,4,6-9,11H2,1H3,(H,23,27). The molecule has 1 aromatic rings. The Morgan fingerprint density at radius 3 is 2.89 bits per heavy atom. The molecule has 3 fully saturated rings. The van der Waals surface area contributed by atoms with E-state index in [2.05, 4.69) is 15.8 Å². The molecule has 2 N–H and O–H groups in total. The summed E-state index contributed by atoms with van der Waals surface area (Å²) in [5, 5.41) is 5.39. The summed E-state index contributed by atoms with van der Waals surface area (Å²) in [7, 11) is 0. The van der Waals surface area contributed by atoms with E-state index < -0.39 is 5.82 Å². The van der Waals surface area contributed by atoms with Gasteiger partial charge in [0, 0.05) is 42.7 Å². The van der Waals surface area contributed by atoms with Gasteiger partial charge in [0.05, 0.1) is 0 Å². The lowest BCUT2D eigenvalue weighted by Gasteiger charge is -2.51. The lowest BCUT2D eigenvalue weighted by molar-refractivity contribution is -0.155.